The Morgan fingerprint density at radius 2 is 2.19 bits per heavy atom. The number of hydrogen-bond donors (Lipinski definition) is 0. The number of pyridine rings is 2. The number of rotatable bonds is 2. The summed E-state index contributed by atoms with van der Waals surface area (Å²) in [7, 11) is 2.77. The Kier molecular flexibility index (Phi) is 2.68. The molecule has 0 N–H and O–H groups in total. The Balaban J connectivity index is 2.67. The molecule has 0 spiro atoms. The molecule has 2 aromatic rings. The molecule has 0 fully saturated rings. The van der Waals surface area contributed by atoms with E-state index in [9.17, 15) is 4.79 Å². The molecule has 0 atom stereocenters. The van der Waals surface area contributed by atoms with Gasteiger partial charge < -0.3 is 9.47 Å². The minimum Gasteiger partial charge on any atom is -0.480 e. The van der Waals surface area contributed by atoms with E-state index in [0.717, 1.165) is 10.9 Å². The van der Waals surface area contributed by atoms with Gasteiger partial charge in [0.05, 0.1) is 19.7 Å². The van der Waals surface area contributed by atoms with E-state index in [2.05, 4.69) is 14.7 Å². The number of nitrogens with zero attached hydrogens (tertiary/aromatic N) is 2. The topological polar surface area (TPSA) is 61.3 Å². The summed E-state index contributed by atoms with van der Waals surface area (Å²) in [5.74, 6) is -0.222. The minimum atomic E-state index is -0.477. The molecular formula is C11H10N2O3. The number of methoxy groups -OCH3 is 2. The van der Waals surface area contributed by atoms with Crippen LogP contribution in [0.15, 0.2) is 24.5 Å². The van der Waals surface area contributed by atoms with Crippen LogP contribution in [0.4, 0.5) is 0 Å². The maximum atomic E-state index is 11.5. The highest BCUT2D eigenvalue weighted by Gasteiger charge is 2.15. The normalized spacial score (nSPS) is 10.1. The number of carbonyl (C=O) groups is 1. The maximum Gasteiger partial charge on any atom is 0.343 e. The second kappa shape index (κ2) is 4.14. The van der Waals surface area contributed by atoms with Crippen molar-refractivity contribution in [3.8, 4) is 5.88 Å². The minimum absolute atomic E-state index is 0.255. The first kappa shape index (κ1) is 10.4. The molecule has 2 aromatic heterocycles. The summed E-state index contributed by atoms with van der Waals surface area (Å²) in [6.45, 7) is 0. The summed E-state index contributed by atoms with van der Waals surface area (Å²) < 4.78 is 9.69. The van der Waals surface area contributed by atoms with Crippen LogP contribution in [-0.4, -0.2) is 30.2 Å². The lowest BCUT2D eigenvalue weighted by molar-refractivity contribution is 0.0596. The summed E-state index contributed by atoms with van der Waals surface area (Å²) in [6, 6.07) is 3.40. The van der Waals surface area contributed by atoms with E-state index < -0.39 is 5.97 Å². The average Bonchev–Trinajstić information content (AvgIpc) is 2.36. The van der Waals surface area contributed by atoms with Gasteiger partial charge >= 0.3 is 5.97 Å². The van der Waals surface area contributed by atoms with Gasteiger partial charge in [-0.15, -0.1) is 0 Å². The Bertz CT molecular complexity index is 540. The van der Waals surface area contributed by atoms with Crippen molar-refractivity contribution in [1.82, 2.24) is 9.97 Å². The first-order valence-electron chi connectivity index (χ1n) is 4.63. The van der Waals surface area contributed by atoms with Crippen molar-refractivity contribution >= 4 is 16.9 Å². The molecule has 0 amide bonds. The van der Waals surface area contributed by atoms with Gasteiger partial charge in [-0.1, -0.05) is 0 Å². The van der Waals surface area contributed by atoms with E-state index in [0.29, 0.717) is 5.56 Å². The predicted molar refractivity (Wildman–Crippen MR) is 57.4 cm³/mol. The van der Waals surface area contributed by atoms with Gasteiger partial charge in [0.15, 0.2) is 0 Å². The summed E-state index contributed by atoms with van der Waals surface area (Å²) >= 11 is 0. The van der Waals surface area contributed by atoms with Crippen LogP contribution in [0.5, 0.6) is 5.88 Å². The van der Waals surface area contributed by atoms with Crippen molar-refractivity contribution in [2.45, 2.75) is 0 Å². The highest BCUT2D eigenvalue weighted by atomic mass is 16.5. The van der Waals surface area contributed by atoms with Crippen molar-refractivity contribution in [1.29, 1.82) is 0 Å². The molecule has 0 unspecified atom stereocenters. The van der Waals surface area contributed by atoms with Gasteiger partial charge in [-0.25, -0.2) is 9.78 Å². The van der Waals surface area contributed by atoms with E-state index in [1.54, 1.807) is 24.5 Å². The molecule has 0 aliphatic rings. The van der Waals surface area contributed by atoms with Crippen molar-refractivity contribution in [2.75, 3.05) is 14.2 Å². The van der Waals surface area contributed by atoms with Crippen LogP contribution in [-0.2, 0) is 4.74 Å². The monoisotopic (exact) mass is 218 g/mol. The largest absolute Gasteiger partial charge is 0.480 e. The van der Waals surface area contributed by atoms with Gasteiger partial charge in [-0.3, -0.25) is 4.98 Å². The van der Waals surface area contributed by atoms with E-state index in [-0.39, 0.29) is 5.88 Å². The van der Waals surface area contributed by atoms with Gasteiger partial charge in [-0.05, 0) is 12.1 Å². The standard InChI is InChI=1S/C11H10N2O3/c1-15-10-8(11(14)16-2)5-7-6-12-4-3-9(7)13-10/h3-6H,1-2H3. The summed E-state index contributed by atoms with van der Waals surface area (Å²) in [6.07, 6.45) is 3.26. The lowest BCUT2D eigenvalue weighted by Crippen LogP contribution is -2.05. The molecule has 0 aromatic carbocycles. The zero-order valence-electron chi connectivity index (χ0n) is 8.93. The first-order valence-corrected chi connectivity index (χ1v) is 4.63. The fourth-order valence-electron chi connectivity index (χ4n) is 1.41. The molecular weight excluding hydrogens is 208 g/mol. The molecule has 5 nitrogen and oxygen atoms in total. The molecule has 0 radical (unpaired) electrons. The number of esters is 1. The smallest absolute Gasteiger partial charge is 0.343 e. The van der Waals surface area contributed by atoms with E-state index in [4.69, 9.17) is 4.74 Å². The Hall–Kier alpha value is -2.17. The SMILES string of the molecule is COC(=O)c1cc2cnccc2nc1OC. The molecule has 0 aliphatic heterocycles. The Labute approximate surface area is 92.0 Å². The van der Waals surface area contributed by atoms with Crippen LogP contribution < -0.4 is 4.74 Å². The molecule has 0 saturated carbocycles. The third kappa shape index (κ3) is 1.67. The third-order valence-corrected chi connectivity index (χ3v) is 2.18. The fraction of sp³-hybridized carbons (Fsp3) is 0.182. The molecule has 2 rings (SSSR count). The van der Waals surface area contributed by atoms with Gasteiger partial charge in [0.2, 0.25) is 5.88 Å². The van der Waals surface area contributed by atoms with Crippen molar-refractivity contribution < 1.29 is 14.3 Å². The van der Waals surface area contributed by atoms with Crippen molar-refractivity contribution in [3.05, 3.63) is 30.1 Å². The number of carbonyl (C=O) groups excluding carboxylic acids is 1. The van der Waals surface area contributed by atoms with Crippen LogP contribution in [0.3, 0.4) is 0 Å². The second-order valence-corrected chi connectivity index (χ2v) is 3.11. The Morgan fingerprint density at radius 1 is 1.38 bits per heavy atom. The fourth-order valence-corrected chi connectivity index (χ4v) is 1.41. The van der Waals surface area contributed by atoms with Gasteiger partial charge in [0.25, 0.3) is 0 Å². The van der Waals surface area contributed by atoms with Gasteiger partial charge in [-0.2, -0.15) is 0 Å². The van der Waals surface area contributed by atoms with Crippen LogP contribution in [0.25, 0.3) is 10.9 Å². The zero-order valence-corrected chi connectivity index (χ0v) is 8.93. The number of hydrogen-bond acceptors (Lipinski definition) is 5. The number of ether oxygens (including phenoxy) is 2. The van der Waals surface area contributed by atoms with Crippen LogP contribution in [0, 0.1) is 0 Å². The summed E-state index contributed by atoms with van der Waals surface area (Å²) in [5, 5.41) is 0.767. The van der Waals surface area contributed by atoms with Crippen LogP contribution >= 0.6 is 0 Å². The average molecular weight is 218 g/mol. The van der Waals surface area contributed by atoms with Crippen LogP contribution in [0.2, 0.25) is 0 Å². The maximum absolute atomic E-state index is 11.5. The quantitative estimate of drug-likeness (QED) is 0.713. The molecule has 0 saturated heterocycles. The Morgan fingerprint density at radius 3 is 2.88 bits per heavy atom. The van der Waals surface area contributed by atoms with Gasteiger partial charge in [0, 0.05) is 17.8 Å². The number of aromatic nitrogens is 2. The molecule has 0 bridgehead atoms. The lowest BCUT2D eigenvalue weighted by atomic mass is 10.2. The second-order valence-electron chi connectivity index (χ2n) is 3.11. The van der Waals surface area contributed by atoms with Gasteiger partial charge in [0.1, 0.15) is 5.56 Å². The van der Waals surface area contributed by atoms with E-state index in [1.807, 2.05) is 0 Å². The molecule has 82 valence electrons. The van der Waals surface area contributed by atoms with Crippen molar-refractivity contribution in [2.24, 2.45) is 0 Å². The lowest BCUT2D eigenvalue weighted by Gasteiger charge is -2.06. The zero-order chi connectivity index (χ0) is 11.5. The summed E-state index contributed by atoms with van der Waals surface area (Å²) in [4.78, 5) is 19.6. The molecule has 16 heavy (non-hydrogen) atoms. The molecule has 0 aliphatic carbocycles. The first-order chi connectivity index (χ1) is 7.76. The summed E-state index contributed by atoms with van der Waals surface area (Å²) in [5.41, 5.74) is 1.02. The van der Waals surface area contributed by atoms with E-state index in [1.165, 1.54) is 14.2 Å². The highest BCUT2D eigenvalue weighted by molar-refractivity contribution is 5.96. The number of fused-ring (bicyclic) bond motifs is 1. The molecule has 2 heterocycles. The van der Waals surface area contributed by atoms with Crippen LogP contribution in [0.1, 0.15) is 10.4 Å². The van der Waals surface area contributed by atoms with E-state index >= 15 is 0 Å². The predicted octanol–water partition coefficient (Wildman–Crippen LogP) is 1.42. The highest BCUT2D eigenvalue weighted by Crippen LogP contribution is 2.21. The molecule has 5 heteroatoms. The third-order valence-electron chi connectivity index (χ3n) is 2.18. The van der Waals surface area contributed by atoms with Crippen molar-refractivity contribution in [3.63, 3.8) is 0 Å².